The van der Waals surface area contributed by atoms with Gasteiger partial charge in [-0.1, -0.05) is 25.5 Å². The lowest BCUT2D eigenvalue weighted by atomic mass is 9.95. The summed E-state index contributed by atoms with van der Waals surface area (Å²) in [4.78, 5) is 0. The van der Waals surface area contributed by atoms with E-state index >= 15 is 0 Å². The Hall–Kier alpha value is -0.980. The summed E-state index contributed by atoms with van der Waals surface area (Å²) in [5, 5.41) is 3.72. The quantitative estimate of drug-likeness (QED) is 0.807. The number of hydrogen-bond donors (Lipinski definition) is 1. The van der Waals surface area contributed by atoms with Crippen molar-refractivity contribution >= 4 is 5.69 Å². The van der Waals surface area contributed by atoms with E-state index in [2.05, 4.69) is 36.5 Å². The second kappa shape index (κ2) is 4.12. The van der Waals surface area contributed by atoms with Gasteiger partial charge in [0.05, 0.1) is 0 Å². The summed E-state index contributed by atoms with van der Waals surface area (Å²) in [7, 11) is 0. The molecule has 86 valence electrons. The van der Waals surface area contributed by atoms with Crippen LogP contribution < -0.4 is 5.32 Å². The van der Waals surface area contributed by atoms with Gasteiger partial charge >= 0.3 is 0 Å². The van der Waals surface area contributed by atoms with Gasteiger partial charge in [-0.25, -0.2) is 0 Å². The van der Waals surface area contributed by atoms with Crippen LogP contribution in [-0.2, 0) is 6.42 Å². The number of rotatable bonds is 3. The van der Waals surface area contributed by atoms with Crippen molar-refractivity contribution in [2.24, 2.45) is 11.8 Å². The number of aryl methyl sites for hydroxylation is 1. The molecule has 0 heterocycles. The fourth-order valence-corrected chi connectivity index (χ4v) is 3.47. The highest BCUT2D eigenvalue weighted by Gasteiger charge is 2.39. The maximum Gasteiger partial charge on any atom is 0.0342 e. The van der Waals surface area contributed by atoms with Gasteiger partial charge in [-0.05, 0) is 55.2 Å². The monoisotopic (exact) mass is 215 g/mol. The number of fused-ring (bicyclic) bond motifs is 2. The molecule has 0 aliphatic heterocycles. The van der Waals surface area contributed by atoms with Crippen molar-refractivity contribution in [1.82, 2.24) is 0 Å². The van der Waals surface area contributed by atoms with E-state index in [1.165, 1.54) is 36.9 Å². The van der Waals surface area contributed by atoms with E-state index in [1.54, 1.807) is 0 Å². The number of hydrogen-bond acceptors (Lipinski definition) is 1. The second-order valence-electron chi connectivity index (χ2n) is 5.48. The molecule has 3 unspecified atom stereocenters. The molecule has 2 fully saturated rings. The molecule has 3 atom stereocenters. The van der Waals surface area contributed by atoms with Crippen LogP contribution in [0.15, 0.2) is 24.3 Å². The Kier molecular flexibility index (Phi) is 2.62. The van der Waals surface area contributed by atoms with Gasteiger partial charge in [-0.15, -0.1) is 0 Å². The zero-order chi connectivity index (χ0) is 11.0. The molecule has 0 amide bonds. The fourth-order valence-electron chi connectivity index (χ4n) is 3.47. The van der Waals surface area contributed by atoms with Crippen molar-refractivity contribution in [2.75, 3.05) is 5.32 Å². The van der Waals surface area contributed by atoms with Gasteiger partial charge in [0, 0.05) is 11.7 Å². The lowest BCUT2D eigenvalue weighted by Crippen LogP contribution is -2.25. The highest BCUT2D eigenvalue weighted by Crippen LogP contribution is 2.45. The van der Waals surface area contributed by atoms with Crippen molar-refractivity contribution < 1.29 is 0 Å². The molecule has 1 aromatic carbocycles. The van der Waals surface area contributed by atoms with Crippen LogP contribution in [0.25, 0.3) is 0 Å². The maximum absolute atomic E-state index is 3.72. The number of nitrogens with one attached hydrogen (secondary N) is 1. The molecule has 1 nitrogen and oxygen atoms in total. The largest absolute Gasteiger partial charge is 0.382 e. The van der Waals surface area contributed by atoms with Crippen LogP contribution >= 0.6 is 0 Å². The summed E-state index contributed by atoms with van der Waals surface area (Å²) in [5.41, 5.74) is 2.74. The first-order chi connectivity index (χ1) is 7.85. The van der Waals surface area contributed by atoms with Crippen molar-refractivity contribution in [2.45, 2.75) is 45.1 Å². The molecular weight excluding hydrogens is 194 g/mol. The summed E-state index contributed by atoms with van der Waals surface area (Å²) >= 11 is 0. The Labute approximate surface area is 98.3 Å². The van der Waals surface area contributed by atoms with Crippen molar-refractivity contribution in [3.05, 3.63) is 29.8 Å². The third kappa shape index (κ3) is 1.83. The third-order valence-corrected chi connectivity index (χ3v) is 4.45. The minimum Gasteiger partial charge on any atom is -0.382 e. The van der Waals surface area contributed by atoms with E-state index in [9.17, 15) is 0 Å². The standard InChI is InChI=1S/C15H21N/c1-2-11-4-7-14(8-5-11)16-15-10-12-3-6-13(15)9-12/h4-5,7-8,12-13,15-16H,2-3,6,9-10H2,1H3. The molecule has 16 heavy (non-hydrogen) atoms. The van der Waals surface area contributed by atoms with Crippen molar-refractivity contribution in [1.29, 1.82) is 0 Å². The van der Waals surface area contributed by atoms with E-state index in [0.29, 0.717) is 0 Å². The Bertz CT molecular complexity index is 354. The molecule has 1 heteroatoms. The summed E-state index contributed by atoms with van der Waals surface area (Å²) < 4.78 is 0. The highest BCUT2D eigenvalue weighted by atomic mass is 14.9. The van der Waals surface area contributed by atoms with Gasteiger partial charge in [0.15, 0.2) is 0 Å². The summed E-state index contributed by atoms with van der Waals surface area (Å²) in [5.74, 6) is 1.98. The first kappa shape index (κ1) is 10.2. The Balaban J connectivity index is 1.65. The molecular formula is C15H21N. The summed E-state index contributed by atoms with van der Waals surface area (Å²) in [6.07, 6.45) is 6.95. The molecule has 1 N–H and O–H groups in total. The zero-order valence-electron chi connectivity index (χ0n) is 10.1. The predicted molar refractivity (Wildman–Crippen MR) is 68.7 cm³/mol. The number of anilines is 1. The predicted octanol–water partition coefficient (Wildman–Crippen LogP) is 3.85. The average Bonchev–Trinajstić information content (AvgIpc) is 2.92. The fraction of sp³-hybridized carbons (Fsp3) is 0.600. The topological polar surface area (TPSA) is 12.0 Å². The molecule has 0 radical (unpaired) electrons. The van der Waals surface area contributed by atoms with Crippen molar-refractivity contribution in [3.63, 3.8) is 0 Å². The van der Waals surface area contributed by atoms with Gasteiger partial charge in [0.1, 0.15) is 0 Å². The Morgan fingerprint density at radius 2 is 1.94 bits per heavy atom. The minimum absolute atomic E-state index is 0.756. The normalized spacial score (nSPS) is 31.9. The van der Waals surface area contributed by atoms with Crippen LogP contribution in [0.5, 0.6) is 0 Å². The lowest BCUT2D eigenvalue weighted by molar-refractivity contribution is 0.440. The van der Waals surface area contributed by atoms with Crippen LogP contribution in [0.4, 0.5) is 5.69 Å². The molecule has 0 aromatic heterocycles. The van der Waals surface area contributed by atoms with Gasteiger partial charge in [0.2, 0.25) is 0 Å². The van der Waals surface area contributed by atoms with Crippen molar-refractivity contribution in [3.8, 4) is 0 Å². The lowest BCUT2D eigenvalue weighted by Gasteiger charge is -2.24. The van der Waals surface area contributed by atoms with E-state index in [0.717, 1.165) is 24.3 Å². The van der Waals surface area contributed by atoms with Gasteiger partial charge < -0.3 is 5.32 Å². The molecule has 3 rings (SSSR count). The molecule has 1 aromatic rings. The first-order valence-electron chi connectivity index (χ1n) is 6.70. The van der Waals surface area contributed by atoms with Crippen LogP contribution in [0, 0.1) is 11.8 Å². The molecule has 2 bridgehead atoms. The molecule has 0 saturated heterocycles. The molecule has 2 aliphatic carbocycles. The summed E-state index contributed by atoms with van der Waals surface area (Å²) in [6.45, 7) is 2.21. The van der Waals surface area contributed by atoms with Gasteiger partial charge in [-0.3, -0.25) is 0 Å². The zero-order valence-corrected chi connectivity index (χ0v) is 10.1. The number of benzene rings is 1. The molecule has 0 spiro atoms. The Morgan fingerprint density at radius 3 is 2.50 bits per heavy atom. The van der Waals surface area contributed by atoms with Crippen LogP contribution in [0.1, 0.15) is 38.2 Å². The maximum atomic E-state index is 3.72. The van der Waals surface area contributed by atoms with E-state index in [1.807, 2.05) is 0 Å². The minimum atomic E-state index is 0.756. The first-order valence-corrected chi connectivity index (χ1v) is 6.70. The Morgan fingerprint density at radius 1 is 1.12 bits per heavy atom. The van der Waals surface area contributed by atoms with E-state index in [4.69, 9.17) is 0 Å². The third-order valence-electron chi connectivity index (χ3n) is 4.45. The van der Waals surface area contributed by atoms with Crippen LogP contribution in [0.3, 0.4) is 0 Å². The van der Waals surface area contributed by atoms with Crippen LogP contribution in [-0.4, -0.2) is 6.04 Å². The summed E-state index contributed by atoms with van der Waals surface area (Å²) in [6, 6.07) is 9.73. The van der Waals surface area contributed by atoms with E-state index < -0.39 is 0 Å². The highest BCUT2D eigenvalue weighted by molar-refractivity contribution is 5.46. The smallest absolute Gasteiger partial charge is 0.0342 e. The second-order valence-corrected chi connectivity index (χ2v) is 5.48. The van der Waals surface area contributed by atoms with Gasteiger partial charge in [0.25, 0.3) is 0 Å². The SMILES string of the molecule is CCc1ccc(NC2CC3CCC2C3)cc1. The van der Waals surface area contributed by atoms with Gasteiger partial charge in [-0.2, -0.15) is 0 Å². The average molecular weight is 215 g/mol. The van der Waals surface area contributed by atoms with Crippen LogP contribution in [0.2, 0.25) is 0 Å². The molecule has 2 aliphatic rings. The molecule has 2 saturated carbocycles. The van der Waals surface area contributed by atoms with E-state index in [-0.39, 0.29) is 0 Å².